The minimum Gasteiger partial charge on any atom is -0.310 e. The predicted molar refractivity (Wildman–Crippen MR) is 77.5 cm³/mol. The third kappa shape index (κ3) is 3.54. The molecule has 0 bridgehead atoms. The van der Waals surface area contributed by atoms with Crippen LogP contribution in [0.4, 0.5) is 10.2 Å². The molecule has 0 saturated carbocycles. The first-order valence-electron chi connectivity index (χ1n) is 6.14. The first-order valence-corrected chi connectivity index (χ1v) is 6.51. The number of amides is 1. The van der Waals surface area contributed by atoms with E-state index in [4.69, 9.17) is 11.6 Å². The minimum absolute atomic E-state index is 0.125. The molecule has 1 aromatic carbocycles. The van der Waals surface area contributed by atoms with Crippen LogP contribution in [-0.2, 0) is 11.2 Å². The van der Waals surface area contributed by atoms with E-state index in [0.29, 0.717) is 5.82 Å². The largest absolute Gasteiger partial charge is 0.310 e. The van der Waals surface area contributed by atoms with Gasteiger partial charge in [-0.1, -0.05) is 17.7 Å². The van der Waals surface area contributed by atoms with Gasteiger partial charge in [0, 0.05) is 16.3 Å². The van der Waals surface area contributed by atoms with Crippen molar-refractivity contribution >= 4 is 23.3 Å². The van der Waals surface area contributed by atoms with E-state index in [1.54, 1.807) is 12.1 Å². The highest BCUT2D eigenvalue weighted by molar-refractivity contribution is 6.31. The number of aryl methyl sites for hydroxylation is 2. The molecule has 2 rings (SSSR count). The van der Waals surface area contributed by atoms with Crippen LogP contribution >= 0.6 is 11.6 Å². The highest BCUT2D eigenvalue weighted by Crippen LogP contribution is 2.20. The van der Waals surface area contributed by atoms with Crippen LogP contribution in [0, 0.1) is 19.7 Å². The molecular weight excluding hydrogens is 279 g/mol. The van der Waals surface area contributed by atoms with Gasteiger partial charge in [-0.25, -0.2) is 9.37 Å². The van der Waals surface area contributed by atoms with Crippen molar-refractivity contribution in [1.29, 1.82) is 0 Å². The lowest BCUT2D eigenvalue weighted by atomic mass is 10.1. The molecule has 1 amide bonds. The van der Waals surface area contributed by atoms with E-state index >= 15 is 0 Å². The van der Waals surface area contributed by atoms with Crippen molar-refractivity contribution in [1.82, 2.24) is 4.98 Å². The van der Waals surface area contributed by atoms with E-state index in [1.165, 1.54) is 12.1 Å². The van der Waals surface area contributed by atoms with Crippen molar-refractivity contribution in [3.8, 4) is 0 Å². The number of benzene rings is 1. The summed E-state index contributed by atoms with van der Waals surface area (Å²) in [4.78, 5) is 16.1. The van der Waals surface area contributed by atoms with Gasteiger partial charge in [0.1, 0.15) is 11.6 Å². The summed E-state index contributed by atoms with van der Waals surface area (Å²) in [6.07, 6.45) is -0.125. The van der Waals surface area contributed by atoms with E-state index in [2.05, 4.69) is 10.3 Å². The van der Waals surface area contributed by atoms with E-state index in [-0.39, 0.29) is 22.9 Å². The van der Waals surface area contributed by atoms with Crippen LogP contribution in [0.2, 0.25) is 5.02 Å². The Labute approximate surface area is 121 Å². The molecule has 3 nitrogen and oxygen atoms in total. The molecule has 1 aromatic heterocycles. The van der Waals surface area contributed by atoms with Crippen LogP contribution in [0.1, 0.15) is 16.8 Å². The number of aromatic nitrogens is 1. The fourth-order valence-corrected chi connectivity index (χ4v) is 2.18. The first-order chi connectivity index (χ1) is 9.45. The summed E-state index contributed by atoms with van der Waals surface area (Å²) in [5.74, 6) is -0.379. The van der Waals surface area contributed by atoms with Crippen LogP contribution in [-0.4, -0.2) is 10.9 Å². The maximum atomic E-state index is 13.6. The third-order valence-electron chi connectivity index (χ3n) is 2.76. The number of hydrogen-bond donors (Lipinski definition) is 1. The number of halogens is 2. The average Bonchev–Trinajstić information content (AvgIpc) is 2.32. The van der Waals surface area contributed by atoms with Crippen LogP contribution in [0.25, 0.3) is 0 Å². The lowest BCUT2D eigenvalue weighted by molar-refractivity contribution is -0.115. The number of nitrogens with one attached hydrogen (secondary N) is 1. The molecule has 0 unspecified atom stereocenters. The summed E-state index contributed by atoms with van der Waals surface area (Å²) in [5.41, 5.74) is 2.00. The van der Waals surface area contributed by atoms with Gasteiger partial charge in [-0.05, 0) is 43.7 Å². The normalized spacial score (nSPS) is 10.4. The number of pyridine rings is 1. The van der Waals surface area contributed by atoms with Gasteiger partial charge in [-0.2, -0.15) is 0 Å². The zero-order valence-electron chi connectivity index (χ0n) is 11.2. The van der Waals surface area contributed by atoms with E-state index < -0.39 is 5.82 Å². The first kappa shape index (κ1) is 14.5. The Morgan fingerprint density at radius 3 is 2.75 bits per heavy atom. The Balaban J connectivity index is 2.13. The van der Waals surface area contributed by atoms with Crippen LogP contribution in [0.15, 0.2) is 30.3 Å². The van der Waals surface area contributed by atoms with Gasteiger partial charge in [-0.3, -0.25) is 4.79 Å². The Hall–Kier alpha value is -1.94. The van der Waals surface area contributed by atoms with Gasteiger partial charge < -0.3 is 5.32 Å². The molecule has 0 aliphatic rings. The van der Waals surface area contributed by atoms with Crippen molar-refractivity contribution < 1.29 is 9.18 Å². The summed E-state index contributed by atoms with van der Waals surface area (Å²) >= 11 is 5.89. The summed E-state index contributed by atoms with van der Waals surface area (Å²) in [6.45, 7) is 3.76. The number of carbonyl (C=O) groups is 1. The van der Waals surface area contributed by atoms with Crippen molar-refractivity contribution in [2.45, 2.75) is 20.3 Å². The van der Waals surface area contributed by atoms with Crippen molar-refractivity contribution in [3.05, 3.63) is 58.0 Å². The molecule has 0 aliphatic carbocycles. The lowest BCUT2D eigenvalue weighted by Gasteiger charge is -2.08. The summed E-state index contributed by atoms with van der Waals surface area (Å²) in [5, 5.41) is 2.90. The fraction of sp³-hybridized carbons (Fsp3) is 0.200. The van der Waals surface area contributed by atoms with E-state index in [1.807, 2.05) is 19.9 Å². The number of anilines is 1. The SMILES string of the molecule is Cc1cc(C)nc(NC(=O)Cc2c(F)cccc2Cl)c1. The van der Waals surface area contributed by atoms with Gasteiger partial charge in [0.25, 0.3) is 0 Å². The molecule has 0 spiro atoms. The summed E-state index contributed by atoms with van der Waals surface area (Å²) in [6, 6.07) is 8.01. The molecule has 0 fully saturated rings. The zero-order valence-corrected chi connectivity index (χ0v) is 12.0. The van der Waals surface area contributed by atoms with Crippen molar-refractivity contribution in [3.63, 3.8) is 0 Å². The predicted octanol–water partition coefficient (Wildman–Crippen LogP) is 3.67. The number of rotatable bonds is 3. The van der Waals surface area contributed by atoms with E-state index in [9.17, 15) is 9.18 Å². The molecule has 0 atom stereocenters. The quantitative estimate of drug-likeness (QED) is 0.938. The van der Waals surface area contributed by atoms with Crippen LogP contribution in [0.3, 0.4) is 0 Å². The summed E-state index contributed by atoms with van der Waals surface area (Å²) in [7, 11) is 0. The maximum Gasteiger partial charge on any atom is 0.230 e. The standard InChI is InChI=1S/C15H14ClFN2O/c1-9-6-10(2)18-14(7-9)19-15(20)8-11-12(16)4-3-5-13(11)17/h3-7H,8H2,1-2H3,(H,18,19,20). The van der Waals surface area contributed by atoms with Gasteiger partial charge in [0.2, 0.25) is 5.91 Å². The van der Waals surface area contributed by atoms with Crippen molar-refractivity contribution in [2.75, 3.05) is 5.32 Å². The third-order valence-corrected chi connectivity index (χ3v) is 3.12. The minimum atomic E-state index is -0.485. The molecule has 0 aliphatic heterocycles. The Morgan fingerprint density at radius 1 is 1.35 bits per heavy atom. The highest BCUT2D eigenvalue weighted by Gasteiger charge is 2.12. The van der Waals surface area contributed by atoms with Crippen LogP contribution < -0.4 is 5.32 Å². The second-order valence-electron chi connectivity index (χ2n) is 4.60. The maximum absolute atomic E-state index is 13.6. The number of hydrogen-bond acceptors (Lipinski definition) is 2. The van der Waals surface area contributed by atoms with Crippen LogP contribution in [0.5, 0.6) is 0 Å². The average molecular weight is 293 g/mol. The van der Waals surface area contributed by atoms with Gasteiger partial charge in [-0.15, -0.1) is 0 Å². The van der Waals surface area contributed by atoms with E-state index in [0.717, 1.165) is 11.3 Å². The Bertz CT molecular complexity index is 618. The second kappa shape index (κ2) is 6.01. The molecule has 0 radical (unpaired) electrons. The molecule has 1 N–H and O–H groups in total. The summed E-state index contributed by atoms with van der Waals surface area (Å²) < 4.78 is 13.6. The molecular formula is C15H14ClFN2O. The van der Waals surface area contributed by atoms with Gasteiger partial charge in [0.15, 0.2) is 0 Å². The zero-order chi connectivity index (χ0) is 14.7. The second-order valence-corrected chi connectivity index (χ2v) is 5.00. The molecule has 2 aromatic rings. The van der Waals surface area contributed by atoms with Gasteiger partial charge in [0.05, 0.1) is 6.42 Å². The Kier molecular flexibility index (Phi) is 4.35. The van der Waals surface area contributed by atoms with Gasteiger partial charge >= 0.3 is 0 Å². The molecule has 5 heteroatoms. The molecule has 104 valence electrons. The molecule has 1 heterocycles. The highest BCUT2D eigenvalue weighted by atomic mass is 35.5. The molecule has 20 heavy (non-hydrogen) atoms. The molecule has 0 saturated heterocycles. The smallest absolute Gasteiger partial charge is 0.230 e. The topological polar surface area (TPSA) is 42.0 Å². The lowest BCUT2D eigenvalue weighted by Crippen LogP contribution is -2.16. The Morgan fingerprint density at radius 2 is 2.10 bits per heavy atom. The number of nitrogens with zero attached hydrogens (tertiary/aromatic N) is 1. The monoisotopic (exact) mass is 292 g/mol. The fourth-order valence-electron chi connectivity index (χ4n) is 1.95. The van der Waals surface area contributed by atoms with Crippen molar-refractivity contribution in [2.24, 2.45) is 0 Å². The number of carbonyl (C=O) groups excluding carboxylic acids is 1.